The summed E-state index contributed by atoms with van der Waals surface area (Å²) >= 11 is 17.4. The smallest absolute Gasteiger partial charge is 0.217 e. The van der Waals surface area contributed by atoms with E-state index in [1.807, 2.05) is 18.2 Å². The number of hydrogen-bond acceptors (Lipinski definition) is 1. The molecule has 1 amide bonds. The third-order valence-electron chi connectivity index (χ3n) is 1.81. The largest absolute Gasteiger partial charge is 0.345 e. The zero-order chi connectivity index (χ0) is 11.5. The highest BCUT2D eigenvalue weighted by atomic mass is 35.6. The predicted molar refractivity (Wildman–Crippen MR) is 63.3 cm³/mol. The SMILES string of the molecule is CC(=O)NC(c1ccccc1)C(Cl)(Cl)Cl. The summed E-state index contributed by atoms with van der Waals surface area (Å²) in [6, 6.07) is 8.44. The van der Waals surface area contributed by atoms with Crippen molar-refractivity contribution in [2.45, 2.75) is 16.8 Å². The maximum Gasteiger partial charge on any atom is 0.217 e. The Morgan fingerprint density at radius 2 is 1.80 bits per heavy atom. The minimum Gasteiger partial charge on any atom is -0.345 e. The van der Waals surface area contributed by atoms with E-state index in [0.29, 0.717) is 0 Å². The van der Waals surface area contributed by atoms with Crippen molar-refractivity contribution in [3.8, 4) is 0 Å². The van der Waals surface area contributed by atoms with Crippen molar-refractivity contribution in [1.82, 2.24) is 5.32 Å². The second kappa shape index (κ2) is 5.06. The molecule has 0 aliphatic carbocycles. The predicted octanol–water partition coefficient (Wildman–Crippen LogP) is 3.23. The summed E-state index contributed by atoms with van der Waals surface area (Å²) in [6.07, 6.45) is 0. The Morgan fingerprint density at radius 3 is 2.20 bits per heavy atom. The first-order valence-electron chi connectivity index (χ1n) is 4.30. The molecule has 1 rings (SSSR count). The van der Waals surface area contributed by atoms with Crippen molar-refractivity contribution in [3.05, 3.63) is 35.9 Å². The number of alkyl halides is 3. The standard InChI is InChI=1S/C10H10Cl3NO/c1-7(15)14-9(10(11,12)13)8-5-3-2-4-6-8/h2-6,9H,1H3,(H,14,15). The van der Waals surface area contributed by atoms with Gasteiger partial charge in [0.2, 0.25) is 9.70 Å². The van der Waals surface area contributed by atoms with E-state index in [1.165, 1.54) is 6.92 Å². The molecule has 82 valence electrons. The summed E-state index contributed by atoms with van der Waals surface area (Å²) in [4.78, 5) is 11.0. The molecule has 1 aromatic rings. The maximum absolute atomic E-state index is 11.0. The summed E-state index contributed by atoms with van der Waals surface area (Å²) in [5.41, 5.74) is 0.757. The van der Waals surface area contributed by atoms with Crippen LogP contribution >= 0.6 is 34.8 Å². The molecule has 1 atom stereocenters. The highest BCUT2D eigenvalue weighted by molar-refractivity contribution is 6.68. The number of rotatable bonds is 2. The molecule has 0 aromatic heterocycles. The van der Waals surface area contributed by atoms with Crippen LogP contribution in [0, 0.1) is 0 Å². The van der Waals surface area contributed by atoms with Crippen LogP contribution in [0.3, 0.4) is 0 Å². The number of hydrogen-bond donors (Lipinski definition) is 1. The van der Waals surface area contributed by atoms with E-state index in [-0.39, 0.29) is 5.91 Å². The Bertz CT molecular complexity index is 334. The fourth-order valence-corrected chi connectivity index (χ4v) is 1.74. The Hall–Kier alpha value is -0.440. The highest BCUT2D eigenvalue weighted by Crippen LogP contribution is 2.39. The molecule has 0 radical (unpaired) electrons. The van der Waals surface area contributed by atoms with Crippen molar-refractivity contribution >= 4 is 40.7 Å². The van der Waals surface area contributed by atoms with Gasteiger partial charge in [0.1, 0.15) is 6.04 Å². The Morgan fingerprint density at radius 1 is 1.27 bits per heavy atom. The van der Waals surface area contributed by atoms with Crippen LogP contribution in [0.2, 0.25) is 0 Å². The van der Waals surface area contributed by atoms with Crippen molar-refractivity contribution in [2.75, 3.05) is 0 Å². The summed E-state index contributed by atoms with van der Waals surface area (Å²) in [6.45, 7) is 1.38. The van der Waals surface area contributed by atoms with Crippen LogP contribution in [0.15, 0.2) is 30.3 Å². The molecule has 1 N–H and O–H groups in total. The van der Waals surface area contributed by atoms with Gasteiger partial charge in [-0.3, -0.25) is 4.79 Å². The molecule has 1 unspecified atom stereocenters. The molecule has 0 bridgehead atoms. The van der Waals surface area contributed by atoms with Crippen molar-refractivity contribution in [3.63, 3.8) is 0 Å². The van der Waals surface area contributed by atoms with Crippen molar-refractivity contribution in [1.29, 1.82) is 0 Å². The van der Waals surface area contributed by atoms with E-state index >= 15 is 0 Å². The molecular formula is C10H10Cl3NO. The highest BCUT2D eigenvalue weighted by Gasteiger charge is 2.34. The third kappa shape index (κ3) is 3.90. The zero-order valence-corrected chi connectivity index (χ0v) is 10.3. The quantitative estimate of drug-likeness (QED) is 0.818. The monoisotopic (exact) mass is 265 g/mol. The molecule has 0 aliphatic rings. The van der Waals surface area contributed by atoms with Gasteiger partial charge < -0.3 is 5.32 Å². The topological polar surface area (TPSA) is 29.1 Å². The second-order valence-corrected chi connectivity index (χ2v) is 5.45. The molecule has 0 fully saturated rings. The van der Waals surface area contributed by atoms with Gasteiger partial charge in [-0.1, -0.05) is 65.1 Å². The molecule has 0 saturated carbocycles. The lowest BCUT2D eigenvalue weighted by Gasteiger charge is -2.25. The number of amides is 1. The Kier molecular flexibility index (Phi) is 4.26. The summed E-state index contributed by atoms with van der Waals surface area (Å²) in [5, 5.41) is 2.60. The van der Waals surface area contributed by atoms with Crippen LogP contribution < -0.4 is 5.32 Å². The van der Waals surface area contributed by atoms with Gasteiger partial charge in [-0.25, -0.2) is 0 Å². The fraction of sp³-hybridized carbons (Fsp3) is 0.300. The van der Waals surface area contributed by atoms with Crippen molar-refractivity contribution < 1.29 is 4.79 Å². The van der Waals surface area contributed by atoms with Crippen LogP contribution in [-0.2, 0) is 4.79 Å². The summed E-state index contributed by atoms with van der Waals surface area (Å²) < 4.78 is -1.56. The van der Waals surface area contributed by atoms with Crippen LogP contribution in [0.1, 0.15) is 18.5 Å². The minimum atomic E-state index is -1.56. The fourth-order valence-electron chi connectivity index (χ4n) is 1.20. The molecule has 0 aliphatic heterocycles. The first-order chi connectivity index (χ1) is 6.91. The van der Waals surface area contributed by atoms with Gasteiger partial charge in [0.15, 0.2) is 0 Å². The van der Waals surface area contributed by atoms with Gasteiger partial charge in [-0.2, -0.15) is 0 Å². The van der Waals surface area contributed by atoms with Gasteiger partial charge >= 0.3 is 0 Å². The first kappa shape index (κ1) is 12.6. The summed E-state index contributed by atoms with van der Waals surface area (Å²) in [7, 11) is 0. The van der Waals surface area contributed by atoms with Crippen LogP contribution in [0.4, 0.5) is 0 Å². The van der Waals surface area contributed by atoms with Crippen LogP contribution in [-0.4, -0.2) is 9.70 Å². The second-order valence-electron chi connectivity index (χ2n) is 3.09. The van der Waals surface area contributed by atoms with E-state index in [0.717, 1.165) is 5.56 Å². The van der Waals surface area contributed by atoms with Gasteiger partial charge in [-0.15, -0.1) is 0 Å². The number of carbonyl (C=O) groups is 1. The van der Waals surface area contributed by atoms with E-state index in [1.54, 1.807) is 12.1 Å². The molecule has 15 heavy (non-hydrogen) atoms. The average molecular weight is 267 g/mol. The third-order valence-corrected chi connectivity index (χ3v) is 2.46. The maximum atomic E-state index is 11.0. The molecular weight excluding hydrogens is 256 g/mol. The van der Waals surface area contributed by atoms with E-state index in [2.05, 4.69) is 5.32 Å². The number of nitrogens with one attached hydrogen (secondary N) is 1. The molecule has 0 heterocycles. The van der Waals surface area contributed by atoms with E-state index in [4.69, 9.17) is 34.8 Å². The van der Waals surface area contributed by atoms with Gasteiger partial charge in [0.25, 0.3) is 0 Å². The lowest BCUT2D eigenvalue weighted by molar-refractivity contribution is -0.119. The number of benzene rings is 1. The van der Waals surface area contributed by atoms with Gasteiger partial charge in [0, 0.05) is 6.92 Å². The summed E-state index contributed by atoms with van der Waals surface area (Å²) in [5.74, 6) is -0.241. The lowest BCUT2D eigenvalue weighted by atomic mass is 10.1. The molecule has 5 heteroatoms. The van der Waals surface area contributed by atoms with Crippen LogP contribution in [0.25, 0.3) is 0 Å². The average Bonchev–Trinajstić information content (AvgIpc) is 2.14. The van der Waals surface area contributed by atoms with Gasteiger partial charge in [0.05, 0.1) is 0 Å². The minimum absolute atomic E-state index is 0.241. The van der Waals surface area contributed by atoms with Crippen LogP contribution in [0.5, 0.6) is 0 Å². The van der Waals surface area contributed by atoms with E-state index < -0.39 is 9.83 Å². The van der Waals surface area contributed by atoms with Gasteiger partial charge in [-0.05, 0) is 5.56 Å². The number of carbonyl (C=O) groups excluding carboxylic acids is 1. The Balaban J connectivity index is 2.97. The molecule has 2 nitrogen and oxygen atoms in total. The normalized spacial score (nSPS) is 13.3. The first-order valence-corrected chi connectivity index (χ1v) is 5.43. The zero-order valence-electron chi connectivity index (χ0n) is 8.01. The Labute approximate surface area is 104 Å². The van der Waals surface area contributed by atoms with Crippen molar-refractivity contribution in [2.24, 2.45) is 0 Å². The van der Waals surface area contributed by atoms with E-state index in [9.17, 15) is 4.79 Å². The molecule has 0 saturated heterocycles. The number of halogens is 3. The lowest BCUT2D eigenvalue weighted by Crippen LogP contribution is -2.34. The molecule has 1 aromatic carbocycles. The molecule has 0 spiro atoms.